The standard InChI is InChI=1S/C31H43N3O8/c1-8-12-33-26-21-13-17(2)14-25(41-7)27(36)19(4)15-20(5)29(42-31(32)39)24(40-6)11-9-10-18(3)30(38)34-22(28(21)37)16-23(26)35/h8-11,15-17,19,24-25,27,29,33,36H,1,12-14H2,2-7H3,(H2,32,39)(H,34,38)/b11-9-,18-10+,20-15+/t17-,19+,24?,25?,27-,29?/m1/s1. The third-order valence-electron chi connectivity index (χ3n) is 7.22. The first kappa shape index (κ1) is 34.4. The smallest absolute Gasteiger partial charge is 0.405 e. The molecule has 42 heavy (non-hydrogen) atoms. The molecule has 3 unspecified atom stereocenters. The Morgan fingerprint density at radius 1 is 1.21 bits per heavy atom. The number of ketones is 2. The van der Waals surface area contributed by atoms with Crippen molar-refractivity contribution in [3.8, 4) is 0 Å². The Bertz CT molecular complexity index is 1210. The van der Waals surface area contributed by atoms with Crippen molar-refractivity contribution >= 4 is 23.6 Å². The zero-order chi connectivity index (χ0) is 31.6. The number of hydrogen-bond donors (Lipinski definition) is 4. The Kier molecular flexibility index (Phi) is 13.1. The van der Waals surface area contributed by atoms with E-state index in [2.05, 4.69) is 17.2 Å². The monoisotopic (exact) mass is 585 g/mol. The van der Waals surface area contributed by atoms with E-state index < -0.39 is 53.9 Å². The largest absolute Gasteiger partial charge is 0.439 e. The number of hydrogen-bond acceptors (Lipinski definition) is 9. The Labute approximate surface area is 247 Å². The Balaban J connectivity index is 2.62. The molecule has 0 saturated heterocycles. The van der Waals surface area contributed by atoms with Crippen LogP contribution < -0.4 is 16.4 Å². The highest BCUT2D eigenvalue weighted by molar-refractivity contribution is 6.23. The number of aliphatic hydroxyl groups excluding tert-OH is 1. The number of nitrogens with one attached hydrogen (secondary N) is 2. The van der Waals surface area contributed by atoms with Crippen LogP contribution in [-0.2, 0) is 28.6 Å². The summed E-state index contributed by atoms with van der Waals surface area (Å²) < 4.78 is 16.6. The summed E-state index contributed by atoms with van der Waals surface area (Å²) in [7, 11) is 2.92. The fraction of sp³-hybridized carbons (Fsp3) is 0.484. The fourth-order valence-electron chi connectivity index (χ4n) is 4.95. The van der Waals surface area contributed by atoms with Gasteiger partial charge in [0, 0.05) is 43.9 Å². The summed E-state index contributed by atoms with van der Waals surface area (Å²) >= 11 is 0. The molecule has 2 bridgehead atoms. The number of primary amides is 1. The molecule has 11 nitrogen and oxygen atoms in total. The van der Waals surface area contributed by atoms with Gasteiger partial charge in [-0.3, -0.25) is 14.4 Å². The summed E-state index contributed by atoms with van der Waals surface area (Å²) in [5.74, 6) is -2.14. The van der Waals surface area contributed by atoms with Gasteiger partial charge in [-0.05, 0) is 38.2 Å². The van der Waals surface area contributed by atoms with Crippen molar-refractivity contribution in [3.63, 3.8) is 0 Å². The molecule has 1 aliphatic carbocycles. The average molecular weight is 586 g/mol. The molecule has 11 heteroatoms. The van der Waals surface area contributed by atoms with Gasteiger partial charge in [0.05, 0.1) is 23.6 Å². The summed E-state index contributed by atoms with van der Waals surface area (Å²) in [5, 5.41) is 16.7. The predicted molar refractivity (Wildman–Crippen MR) is 158 cm³/mol. The lowest BCUT2D eigenvalue weighted by atomic mass is 9.85. The molecule has 6 atom stereocenters. The second-order valence-corrected chi connectivity index (χ2v) is 10.6. The number of fused-ring (bicyclic) bond motifs is 2. The van der Waals surface area contributed by atoms with Crippen LogP contribution in [-0.4, -0.2) is 73.9 Å². The number of nitrogens with two attached hydrogens (primary N) is 1. The van der Waals surface area contributed by atoms with Crippen molar-refractivity contribution in [2.75, 3.05) is 20.8 Å². The van der Waals surface area contributed by atoms with Crippen LogP contribution in [0.1, 0.15) is 40.5 Å². The summed E-state index contributed by atoms with van der Waals surface area (Å²) in [6.07, 6.45) is 5.34. The van der Waals surface area contributed by atoms with Crippen LogP contribution in [0.25, 0.3) is 0 Å². The fourth-order valence-corrected chi connectivity index (χ4v) is 4.95. The van der Waals surface area contributed by atoms with E-state index in [4.69, 9.17) is 19.9 Å². The molecular formula is C31H43N3O8. The van der Waals surface area contributed by atoms with Gasteiger partial charge in [-0.25, -0.2) is 4.79 Å². The van der Waals surface area contributed by atoms with E-state index >= 15 is 0 Å². The molecule has 0 saturated carbocycles. The summed E-state index contributed by atoms with van der Waals surface area (Å²) in [5.41, 5.74) is 6.42. The molecule has 0 aromatic rings. The summed E-state index contributed by atoms with van der Waals surface area (Å²) in [4.78, 5) is 51.3. The van der Waals surface area contributed by atoms with Gasteiger partial charge in [-0.15, -0.1) is 6.58 Å². The minimum atomic E-state index is -1.00. The zero-order valence-corrected chi connectivity index (χ0v) is 25.1. The average Bonchev–Trinajstić information content (AvgIpc) is 2.94. The second kappa shape index (κ2) is 16.0. The van der Waals surface area contributed by atoms with E-state index in [0.29, 0.717) is 12.0 Å². The number of allylic oxidation sites excluding steroid dienone is 4. The first-order valence-corrected chi connectivity index (χ1v) is 13.8. The first-order chi connectivity index (χ1) is 19.8. The maximum Gasteiger partial charge on any atom is 0.405 e. The molecule has 0 aromatic carbocycles. The van der Waals surface area contributed by atoms with Crippen molar-refractivity contribution in [1.82, 2.24) is 10.6 Å². The van der Waals surface area contributed by atoms with Gasteiger partial charge in [0.15, 0.2) is 6.10 Å². The van der Waals surface area contributed by atoms with E-state index in [1.165, 1.54) is 20.3 Å². The topological polar surface area (TPSA) is 166 Å². The number of carbonyl (C=O) groups is 4. The molecule has 0 radical (unpaired) electrons. The summed E-state index contributed by atoms with van der Waals surface area (Å²) in [6, 6.07) is 0. The van der Waals surface area contributed by atoms with E-state index in [1.54, 1.807) is 45.1 Å². The van der Waals surface area contributed by atoms with Crippen LogP contribution in [0, 0.1) is 11.8 Å². The Morgan fingerprint density at radius 3 is 2.50 bits per heavy atom. The van der Waals surface area contributed by atoms with Gasteiger partial charge in [0.2, 0.25) is 11.6 Å². The molecule has 1 heterocycles. The van der Waals surface area contributed by atoms with Crippen LogP contribution in [0.15, 0.2) is 71.1 Å². The quantitative estimate of drug-likeness (QED) is 0.271. The first-order valence-electron chi connectivity index (χ1n) is 13.8. The van der Waals surface area contributed by atoms with Crippen molar-refractivity contribution in [2.45, 2.75) is 65.0 Å². The second-order valence-electron chi connectivity index (χ2n) is 10.6. The molecule has 0 aromatic heterocycles. The number of rotatable bonds is 6. The number of Topliss-reactive ketones (excluding diaryl/α,β-unsaturated/α-hetero) is 1. The highest BCUT2D eigenvalue weighted by atomic mass is 16.6. The summed E-state index contributed by atoms with van der Waals surface area (Å²) in [6.45, 7) is 10.9. The maximum atomic E-state index is 13.5. The lowest BCUT2D eigenvalue weighted by Crippen LogP contribution is -2.37. The molecule has 230 valence electrons. The van der Waals surface area contributed by atoms with Crippen molar-refractivity contribution in [3.05, 3.63) is 71.1 Å². The number of methoxy groups -OCH3 is 2. The van der Waals surface area contributed by atoms with Crippen molar-refractivity contribution in [1.29, 1.82) is 0 Å². The van der Waals surface area contributed by atoms with Crippen molar-refractivity contribution < 1.29 is 38.5 Å². The van der Waals surface area contributed by atoms with Gasteiger partial charge in [-0.1, -0.05) is 44.2 Å². The number of carbonyl (C=O) groups excluding carboxylic acids is 4. The zero-order valence-electron chi connectivity index (χ0n) is 25.1. The molecule has 2 aliphatic rings. The van der Waals surface area contributed by atoms with Gasteiger partial charge < -0.3 is 35.7 Å². The van der Waals surface area contributed by atoms with Crippen LogP contribution in [0.3, 0.4) is 0 Å². The minimum absolute atomic E-state index is 0.132. The minimum Gasteiger partial charge on any atom is -0.439 e. The van der Waals surface area contributed by atoms with Crippen LogP contribution in [0.2, 0.25) is 0 Å². The number of aliphatic hydroxyl groups is 1. The van der Waals surface area contributed by atoms with Crippen molar-refractivity contribution in [2.24, 2.45) is 17.6 Å². The lowest BCUT2D eigenvalue weighted by Gasteiger charge is -2.30. The van der Waals surface area contributed by atoms with Crippen LogP contribution in [0.4, 0.5) is 4.79 Å². The van der Waals surface area contributed by atoms with E-state index in [0.717, 1.165) is 6.08 Å². The molecular weight excluding hydrogens is 542 g/mol. The van der Waals surface area contributed by atoms with E-state index in [-0.39, 0.29) is 41.4 Å². The third-order valence-corrected chi connectivity index (χ3v) is 7.22. The molecule has 1 aliphatic heterocycles. The highest BCUT2D eigenvalue weighted by Gasteiger charge is 2.33. The van der Waals surface area contributed by atoms with Gasteiger partial charge >= 0.3 is 6.09 Å². The third kappa shape index (κ3) is 9.10. The molecule has 2 rings (SSSR count). The van der Waals surface area contributed by atoms with Crippen LogP contribution in [0.5, 0.6) is 0 Å². The number of ether oxygens (including phenoxy) is 3. The SMILES string of the molecule is C=CCNC1=C2C[C@@H](C)CC(OC)[C@H](O)[C@@H](C)/C=C(\C)C(OC(N)=O)C(OC)/C=C\C=C(/C)C(=O)NC(=CC1=O)C2=O. The van der Waals surface area contributed by atoms with Gasteiger partial charge in [0.25, 0.3) is 5.91 Å². The Hall–Kier alpha value is -3.80. The van der Waals surface area contributed by atoms with Gasteiger partial charge in [0.1, 0.15) is 6.10 Å². The predicted octanol–water partition coefficient (Wildman–Crippen LogP) is 2.54. The van der Waals surface area contributed by atoms with Gasteiger partial charge in [-0.2, -0.15) is 0 Å². The number of amides is 2. The molecule has 0 spiro atoms. The van der Waals surface area contributed by atoms with Crippen LogP contribution >= 0.6 is 0 Å². The maximum absolute atomic E-state index is 13.5. The van der Waals surface area contributed by atoms with E-state index in [1.807, 2.05) is 6.92 Å². The molecule has 5 N–H and O–H groups in total. The molecule has 0 fully saturated rings. The molecule has 2 amide bonds. The normalized spacial score (nSPS) is 31.6. The highest BCUT2D eigenvalue weighted by Crippen LogP contribution is 2.28. The van der Waals surface area contributed by atoms with E-state index in [9.17, 15) is 24.3 Å². The lowest BCUT2D eigenvalue weighted by molar-refractivity contribution is -0.120. The Morgan fingerprint density at radius 2 is 1.90 bits per heavy atom.